The van der Waals surface area contributed by atoms with Gasteiger partial charge in [-0.05, 0) is 48.6 Å². The van der Waals surface area contributed by atoms with Crippen molar-refractivity contribution < 1.29 is 14.3 Å². The molecule has 2 aromatic rings. The normalized spacial score (nSPS) is 13.1. The molecule has 0 aliphatic heterocycles. The molecule has 0 aromatic heterocycles. The SMILES string of the molecule is CC[C@H](Oc1ccccc1Cl)C(=O)N[C@@H](CC(C)C)c1ccc(OC)cc1. The highest BCUT2D eigenvalue weighted by Crippen LogP contribution is 2.26. The van der Waals surface area contributed by atoms with Crippen LogP contribution in [0, 0.1) is 5.92 Å². The Hall–Kier alpha value is -2.20. The van der Waals surface area contributed by atoms with E-state index in [1.54, 1.807) is 19.2 Å². The highest BCUT2D eigenvalue weighted by molar-refractivity contribution is 6.32. The average molecular weight is 390 g/mol. The third kappa shape index (κ3) is 6.17. The smallest absolute Gasteiger partial charge is 0.261 e. The number of methoxy groups -OCH3 is 1. The lowest BCUT2D eigenvalue weighted by Gasteiger charge is -2.25. The van der Waals surface area contributed by atoms with Crippen LogP contribution in [0.2, 0.25) is 5.02 Å². The summed E-state index contributed by atoms with van der Waals surface area (Å²) >= 11 is 6.16. The Morgan fingerprint density at radius 3 is 2.33 bits per heavy atom. The summed E-state index contributed by atoms with van der Waals surface area (Å²) in [6.07, 6.45) is 0.784. The van der Waals surface area contributed by atoms with Gasteiger partial charge in [-0.15, -0.1) is 0 Å². The minimum atomic E-state index is -0.599. The summed E-state index contributed by atoms with van der Waals surface area (Å²) in [5.41, 5.74) is 1.05. The Kier molecular flexibility index (Phi) is 7.99. The van der Waals surface area contributed by atoms with Crippen molar-refractivity contribution in [3.8, 4) is 11.5 Å². The number of carbonyl (C=O) groups is 1. The van der Waals surface area contributed by atoms with Gasteiger partial charge in [-0.2, -0.15) is 0 Å². The van der Waals surface area contributed by atoms with Gasteiger partial charge in [0.2, 0.25) is 0 Å². The monoisotopic (exact) mass is 389 g/mol. The fourth-order valence-electron chi connectivity index (χ4n) is 2.87. The molecule has 0 aliphatic rings. The number of ether oxygens (including phenoxy) is 2. The molecule has 0 unspecified atom stereocenters. The van der Waals surface area contributed by atoms with Crippen molar-refractivity contribution in [3.63, 3.8) is 0 Å². The fourth-order valence-corrected chi connectivity index (χ4v) is 3.05. The lowest BCUT2D eigenvalue weighted by Crippen LogP contribution is -2.40. The zero-order valence-corrected chi connectivity index (χ0v) is 17.1. The third-order valence-electron chi connectivity index (χ3n) is 4.31. The van der Waals surface area contributed by atoms with Crippen LogP contribution >= 0.6 is 11.6 Å². The second-order valence-corrected chi connectivity index (χ2v) is 7.32. The van der Waals surface area contributed by atoms with E-state index in [4.69, 9.17) is 21.1 Å². The van der Waals surface area contributed by atoms with E-state index in [2.05, 4.69) is 19.2 Å². The van der Waals surface area contributed by atoms with E-state index >= 15 is 0 Å². The van der Waals surface area contributed by atoms with Crippen molar-refractivity contribution in [2.24, 2.45) is 5.92 Å². The standard InChI is InChI=1S/C22H28ClNO3/c1-5-20(27-21-9-7-6-8-18(21)23)22(25)24-19(14-15(2)3)16-10-12-17(26-4)13-11-16/h6-13,15,19-20H,5,14H2,1-4H3,(H,24,25)/t19-,20-/m0/s1. The molecule has 0 heterocycles. The molecule has 0 radical (unpaired) electrons. The van der Waals surface area contributed by atoms with Crippen molar-refractivity contribution in [1.82, 2.24) is 5.32 Å². The van der Waals surface area contributed by atoms with Crippen LogP contribution in [-0.2, 0) is 4.79 Å². The first-order chi connectivity index (χ1) is 12.9. The van der Waals surface area contributed by atoms with Crippen LogP contribution in [0.5, 0.6) is 11.5 Å². The van der Waals surface area contributed by atoms with E-state index in [1.807, 2.05) is 43.3 Å². The highest BCUT2D eigenvalue weighted by Gasteiger charge is 2.24. The number of carbonyl (C=O) groups excluding carboxylic acids is 1. The maximum atomic E-state index is 12.9. The van der Waals surface area contributed by atoms with Crippen LogP contribution in [0.1, 0.15) is 45.2 Å². The van der Waals surface area contributed by atoms with Gasteiger partial charge in [0, 0.05) is 0 Å². The first kappa shape index (κ1) is 21.1. The molecule has 0 saturated heterocycles. The minimum absolute atomic E-state index is 0.0905. The third-order valence-corrected chi connectivity index (χ3v) is 4.62. The number of nitrogens with one attached hydrogen (secondary N) is 1. The first-order valence-electron chi connectivity index (χ1n) is 9.30. The second kappa shape index (κ2) is 10.2. The molecule has 27 heavy (non-hydrogen) atoms. The van der Waals surface area contributed by atoms with Crippen LogP contribution in [0.4, 0.5) is 0 Å². The van der Waals surface area contributed by atoms with Crippen LogP contribution < -0.4 is 14.8 Å². The molecule has 0 aliphatic carbocycles. The second-order valence-electron chi connectivity index (χ2n) is 6.91. The van der Waals surface area contributed by atoms with Crippen molar-refractivity contribution in [2.75, 3.05) is 7.11 Å². The quantitative estimate of drug-likeness (QED) is 0.623. The van der Waals surface area contributed by atoms with Crippen LogP contribution in [0.25, 0.3) is 0 Å². The number of halogens is 1. The largest absolute Gasteiger partial charge is 0.497 e. The van der Waals surface area contributed by atoms with E-state index in [0.717, 1.165) is 17.7 Å². The number of rotatable bonds is 9. The predicted molar refractivity (Wildman–Crippen MR) is 109 cm³/mol. The van der Waals surface area contributed by atoms with Crippen molar-refractivity contribution >= 4 is 17.5 Å². The lowest BCUT2D eigenvalue weighted by atomic mass is 9.96. The van der Waals surface area contributed by atoms with E-state index in [9.17, 15) is 4.79 Å². The maximum Gasteiger partial charge on any atom is 0.261 e. The molecule has 1 amide bonds. The van der Waals surface area contributed by atoms with E-state index in [-0.39, 0.29) is 11.9 Å². The van der Waals surface area contributed by atoms with Gasteiger partial charge >= 0.3 is 0 Å². The van der Waals surface area contributed by atoms with Gasteiger partial charge in [0.25, 0.3) is 5.91 Å². The Labute approximate surface area is 166 Å². The van der Waals surface area contributed by atoms with Gasteiger partial charge in [0.05, 0.1) is 18.2 Å². The number of hydrogen-bond acceptors (Lipinski definition) is 3. The molecule has 146 valence electrons. The Morgan fingerprint density at radius 1 is 1.11 bits per heavy atom. The molecule has 0 spiro atoms. The summed E-state index contributed by atoms with van der Waals surface area (Å²) in [6.45, 7) is 6.20. The number of hydrogen-bond donors (Lipinski definition) is 1. The topological polar surface area (TPSA) is 47.6 Å². The van der Waals surface area contributed by atoms with E-state index in [1.165, 1.54) is 0 Å². The molecule has 5 heteroatoms. The van der Waals surface area contributed by atoms with Gasteiger partial charge in [-0.3, -0.25) is 4.79 Å². The van der Waals surface area contributed by atoms with E-state index in [0.29, 0.717) is 23.1 Å². The van der Waals surface area contributed by atoms with Gasteiger partial charge < -0.3 is 14.8 Å². The van der Waals surface area contributed by atoms with Crippen molar-refractivity contribution in [3.05, 3.63) is 59.1 Å². The first-order valence-corrected chi connectivity index (χ1v) is 9.67. The number of para-hydroxylation sites is 1. The fraction of sp³-hybridized carbons (Fsp3) is 0.409. The summed E-state index contributed by atoms with van der Waals surface area (Å²) in [4.78, 5) is 12.9. The molecular weight excluding hydrogens is 362 g/mol. The molecule has 0 saturated carbocycles. The molecule has 2 rings (SSSR count). The summed E-state index contributed by atoms with van der Waals surface area (Å²) in [7, 11) is 1.64. The summed E-state index contributed by atoms with van der Waals surface area (Å²) in [5, 5.41) is 3.64. The van der Waals surface area contributed by atoms with Gasteiger partial charge in [-0.1, -0.05) is 56.6 Å². The van der Waals surface area contributed by atoms with Crippen LogP contribution in [0.3, 0.4) is 0 Å². The number of amides is 1. The van der Waals surface area contributed by atoms with Crippen molar-refractivity contribution in [1.29, 1.82) is 0 Å². The van der Waals surface area contributed by atoms with Gasteiger partial charge in [-0.25, -0.2) is 0 Å². The number of benzene rings is 2. The Balaban J connectivity index is 2.13. The van der Waals surface area contributed by atoms with E-state index < -0.39 is 6.10 Å². The summed E-state index contributed by atoms with van der Waals surface area (Å²) in [5.74, 6) is 1.61. The van der Waals surface area contributed by atoms with Crippen LogP contribution in [-0.4, -0.2) is 19.1 Å². The molecule has 2 atom stereocenters. The Morgan fingerprint density at radius 2 is 1.78 bits per heavy atom. The highest BCUT2D eigenvalue weighted by atomic mass is 35.5. The predicted octanol–water partition coefficient (Wildman–Crippen LogP) is 5.41. The van der Waals surface area contributed by atoms with Crippen molar-refractivity contribution in [2.45, 2.75) is 45.8 Å². The molecule has 2 aromatic carbocycles. The zero-order valence-electron chi connectivity index (χ0n) is 16.4. The Bertz CT molecular complexity index is 731. The van der Waals surface area contributed by atoms with Crippen LogP contribution in [0.15, 0.2) is 48.5 Å². The molecule has 0 fully saturated rings. The molecule has 4 nitrogen and oxygen atoms in total. The lowest BCUT2D eigenvalue weighted by molar-refractivity contribution is -0.129. The average Bonchev–Trinajstić information content (AvgIpc) is 2.66. The zero-order chi connectivity index (χ0) is 19.8. The molecule has 1 N–H and O–H groups in total. The maximum absolute atomic E-state index is 12.9. The summed E-state index contributed by atoms with van der Waals surface area (Å²) in [6, 6.07) is 14.9. The summed E-state index contributed by atoms with van der Waals surface area (Å²) < 4.78 is 11.1. The van der Waals surface area contributed by atoms with Gasteiger partial charge in [0.1, 0.15) is 11.5 Å². The minimum Gasteiger partial charge on any atom is -0.497 e. The molecular formula is C22H28ClNO3. The van der Waals surface area contributed by atoms with Gasteiger partial charge in [0.15, 0.2) is 6.10 Å². The molecule has 0 bridgehead atoms.